The molecule has 8 aromatic carbocycles. The molecule has 0 aliphatic carbocycles. The van der Waals surface area contributed by atoms with E-state index in [1.54, 1.807) is 165 Å². The molecule has 0 spiro atoms. The summed E-state index contributed by atoms with van der Waals surface area (Å²) in [6.45, 7) is 17.7. The Morgan fingerprint density at radius 2 is 0.529 bits per heavy atom. The second kappa shape index (κ2) is 49.6. The van der Waals surface area contributed by atoms with Crippen LogP contribution in [0.3, 0.4) is 0 Å². The number of methoxy groups -OCH3 is 8. The molecule has 4 aromatic heterocycles. The molecule has 12 aromatic rings. The number of hydrogen-bond acceptors (Lipinski definition) is 20. The van der Waals surface area contributed by atoms with Crippen LogP contribution in [0, 0.1) is 42.2 Å². The quantitative estimate of drug-likeness (QED) is 0.0177. The van der Waals surface area contributed by atoms with Crippen LogP contribution in [0.5, 0.6) is 46.0 Å². The van der Waals surface area contributed by atoms with Gasteiger partial charge in [-0.2, -0.15) is 20.4 Å². The van der Waals surface area contributed by atoms with Crippen LogP contribution in [0.15, 0.2) is 194 Å². The highest BCUT2D eigenvalue weighted by atomic mass is 35.5. The number of nitrogens with zero attached hydrogens (tertiary/aromatic N) is 8. The third-order valence-corrected chi connectivity index (χ3v) is 21.3. The molecule has 0 saturated heterocycles. The normalized spacial score (nSPS) is 11.8. The summed E-state index contributed by atoms with van der Waals surface area (Å²) in [7, 11) is 12.3. The molecule has 0 aliphatic rings. The van der Waals surface area contributed by atoms with Gasteiger partial charge in [-0.3, -0.25) is 38.4 Å². The zero-order valence-electron chi connectivity index (χ0n) is 78.8. The summed E-state index contributed by atoms with van der Waals surface area (Å²) in [5.41, 5.74) is 8.37. The molecule has 0 radical (unpaired) electrons. The largest absolute Gasteiger partial charge is 0.496 e. The number of nitrogens with one attached hydrogen (secondary N) is 4. The van der Waals surface area contributed by atoms with Crippen molar-refractivity contribution in [3.05, 3.63) is 239 Å². The summed E-state index contributed by atoms with van der Waals surface area (Å²) >= 11 is 6.07. The highest BCUT2D eigenvalue weighted by Crippen LogP contribution is 2.45. The molecule has 0 fully saturated rings. The number of amides is 4. The Hall–Kier alpha value is -15.1. The molecule has 4 heterocycles. The molecule has 4 atom stereocenters. The molecule has 35 heteroatoms. The van der Waals surface area contributed by atoms with Gasteiger partial charge in [0.2, 0.25) is 0 Å². The topological polar surface area (TPSA) is 411 Å². The van der Waals surface area contributed by atoms with Crippen LogP contribution >= 0.6 is 11.6 Å². The average Bonchev–Trinajstić information content (AvgIpc) is 1.66. The van der Waals surface area contributed by atoms with E-state index < -0.39 is 83.3 Å². The van der Waals surface area contributed by atoms with Crippen molar-refractivity contribution in [3.8, 4) is 114 Å². The molecule has 0 saturated carbocycles. The van der Waals surface area contributed by atoms with E-state index in [1.807, 2.05) is 105 Å². The Bertz CT molecular complexity index is 5590. The van der Waals surface area contributed by atoms with Gasteiger partial charge in [0.15, 0.2) is 22.8 Å². The van der Waals surface area contributed by atoms with Crippen LogP contribution in [-0.4, -0.2) is 188 Å². The molecule has 720 valence electrons. The fraction of sp³-hybridized carbons (Fsp3) is 0.327. The molecule has 0 bridgehead atoms. The van der Waals surface area contributed by atoms with Crippen molar-refractivity contribution in [2.45, 2.75) is 138 Å². The summed E-state index contributed by atoms with van der Waals surface area (Å²) in [5.74, 6) is -1.75. The van der Waals surface area contributed by atoms with Gasteiger partial charge < -0.3 is 79.6 Å². The maximum atomic E-state index is 14.0. The standard InChI is InChI=1S/C26H31N3O5.C25H28ClN3O5.2C25H28FN3O5/c1-16(2)13-18(14-24(30)31)27-26(32)20-15-21(25-22(33-4)7-6-8-23(25)34-5)29(28-20)19-11-9-17(3)10-12-19;1-15(2)12-17(13-23(30)31)27-25(32)19-14-20(24-21(33-3)6-5-7-22(24)34-4)29(28-19)18-10-8-16(26)9-11-18;1-15(2)11-17(13-23(30)31)27-25(32)19-14-20(24-21(33-3)9-6-10-22(24)34-4)29(28-19)18-8-5-7-16(26)12-18;1-15(2)12-17(13-23(30)31)27-25(32)19-14-20(24-21(33-3)6-5-7-22(24)34-4)29(28-19)18-10-8-16(26)9-11-18/h6-12,15-16,18H,13-14H2,1-5H3,(H,27,32)(H,30,31);5-11,14-15,17H,12-13H2,1-4H3,(H,27,32)(H,30,31);5-10,12,14-15,17H,11,13H2,1-4H3,(H,27,32)(H,30,31);5-11,14-15,17H,12-13H2,1-4H3,(H,27,32)(H,30,31)/t18-;3*17-/m0000/s1. The minimum Gasteiger partial charge on any atom is -0.496 e. The smallest absolute Gasteiger partial charge is 0.305 e. The lowest BCUT2D eigenvalue weighted by Gasteiger charge is -2.18. The van der Waals surface area contributed by atoms with Gasteiger partial charge in [0.25, 0.3) is 23.6 Å². The van der Waals surface area contributed by atoms with Crippen molar-refractivity contribution in [2.24, 2.45) is 23.7 Å². The molecule has 0 unspecified atom stereocenters. The first-order valence-electron chi connectivity index (χ1n) is 43.6. The van der Waals surface area contributed by atoms with Gasteiger partial charge in [0.1, 0.15) is 57.6 Å². The Morgan fingerprint density at radius 3 is 0.750 bits per heavy atom. The average molecular weight is 1890 g/mol. The summed E-state index contributed by atoms with van der Waals surface area (Å²) in [6.07, 6.45) is 1.34. The van der Waals surface area contributed by atoms with Crippen molar-refractivity contribution in [1.29, 1.82) is 0 Å². The van der Waals surface area contributed by atoms with Crippen LogP contribution in [-0.2, 0) is 19.2 Å². The minimum absolute atomic E-state index is 0.0476. The second-order valence-electron chi connectivity index (χ2n) is 33.3. The van der Waals surface area contributed by atoms with Crippen LogP contribution in [0.1, 0.15) is 154 Å². The lowest BCUT2D eigenvalue weighted by Crippen LogP contribution is -2.37. The number of hydrogen-bond donors (Lipinski definition) is 8. The number of aryl methyl sites for hydroxylation is 1. The first-order chi connectivity index (χ1) is 64.9. The van der Waals surface area contributed by atoms with Crippen LogP contribution in [0.25, 0.3) is 67.8 Å². The fourth-order valence-corrected chi connectivity index (χ4v) is 15.4. The van der Waals surface area contributed by atoms with Crippen molar-refractivity contribution < 1.29 is 105 Å². The highest BCUT2D eigenvalue weighted by molar-refractivity contribution is 6.30. The lowest BCUT2D eigenvalue weighted by atomic mass is 10.0. The molecule has 32 nitrogen and oxygen atoms in total. The molecule has 12 rings (SSSR count). The predicted molar refractivity (Wildman–Crippen MR) is 510 cm³/mol. The summed E-state index contributed by atoms with van der Waals surface area (Å²) < 4.78 is 78.2. The molecular weight excluding hydrogens is 1770 g/mol. The minimum atomic E-state index is -1.00. The van der Waals surface area contributed by atoms with Crippen molar-refractivity contribution in [3.63, 3.8) is 0 Å². The van der Waals surface area contributed by atoms with Crippen molar-refractivity contribution in [1.82, 2.24) is 60.4 Å². The maximum Gasteiger partial charge on any atom is 0.305 e. The SMILES string of the molecule is COc1cccc(OC)c1-c1cc(C(=O)N[C@H](CC(=O)O)CC(C)C)nn1-c1ccc(C)cc1.COc1cccc(OC)c1-c1cc(C(=O)N[C@H](CC(=O)O)CC(C)C)nn1-c1ccc(Cl)cc1.COc1cccc(OC)c1-c1cc(C(=O)N[C@H](CC(=O)O)CC(C)C)nn1-c1ccc(F)cc1.COc1cccc(OC)c1-c1cc(C(=O)N[C@H](CC(=O)O)CC(C)C)nn1-c1cccc(F)c1. The Labute approximate surface area is 792 Å². The summed E-state index contributed by atoms with van der Waals surface area (Å²) in [6, 6.07) is 52.0. The van der Waals surface area contributed by atoms with E-state index in [-0.39, 0.29) is 72.1 Å². The van der Waals surface area contributed by atoms with Gasteiger partial charge in [-0.25, -0.2) is 27.5 Å². The van der Waals surface area contributed by atoms with Crippen molar-refractivity contribution in [2.75, 3.05) is 56.9 Å². The van der Waals surface area contributed by atoms with Crippen LogP contribution in [0.4, 0.5) is 8.78 Å². The van der Waals surface area contributed by atoms with E-state index in [1.165, 1.54) is 62.1 Å². The van der Waals surface area contributed by atoms with Gasteiger partial charge in [-0.05, 0) is 208 Å². The fourth-order valence-electron chi connectivity index (χ4n) is 15.3. The number of carboxylic acid groups (broad SMARTS) is 4. The maximum absolute atomic E-state index is 14.0. The number of benzene rings is 8. The van der Waals surface area contributed by atoms with Gasteiger partial charge in [-0.15, -0.1) is 0 Å². The number of halogens is 3. The van der Waals surface area contributed by atoms with E-state index in [9.17, 15) is 67.6 Å². The Balaban J connectivity index is 0.000000203. The Kier molecular flexibility index (Phi) is 38.1. The van der Waals surface area contributed by atoms with Crippen LogP contribution in [0.2, 0.25) is 5.02 Å². The first kappa shape index (κ1) is 105. The third kappa shape index (κ3) is 28.5. The zero-order chi connectivity index (χ0) is 99.3. The predicted octanol–water partition coefficient (Wildman–Crippen LogP) is 17.9. The van der Waals surface area contributed by atoms with E-state index in [0.29, 0.717) is 139 Å². The number of ether oxygens (including phenoxy) is 8. The monoisotopic (exact) mass is 1890 g/mol. The number of carboxylic acids is 4. The molecule has 136 heavy (non-hydrogen) atoms. The first-order valence-corrected chi connectivity index (χ1v) is 44.0. The number of rotatable bonds is 40. The highest BCUT2D eigenvalue weighted by Gasteiger charge is 2.32. The number of carbonyl (C=O) groups excluding carboxylic acids is 4. The van der Waals surface area contributed by atoms with Crippen LogP contribution < -0.4 is 59.2 Å². The van der Waals surface area contributed by atoms with E-state index >= 15 is 0 Å². The molecule has 4 amide bonds. The second-order valence-corrected chi connectivity index (χ2v) is 33.8. The van der Waals surface area contributed by atoms with Gasteiger partial charge >= 0.3 is 23.9 Å². The van der Waals surface area contributed by atoms with E-state index in [4.69, 9.17) is 49.5 Å². The van der Waals surface area contributed by atoms with E-state index in [2.05, 4.69) is 41.7 Å². The number of aromatic nitrogens is 8. The van der Waals surface area contributed by atoms with Gasteiger partial charge in [0, 0.05) is 29.2 Å². The summed E-state index contributed by atoms with van der Waals surface area (Å²) in [5, 5.41) is 66.8. The van der Waals surface area contributed by atoms with E-state index in [0.717, 1.165) is 11.3 Å². The molecular formula is C101H115ClF2N12O20. The lowest BCUT2D eigenvalue weighted by molar-refractivity contribution is -0.138. The summed E-state index contributed by atoms with van der Waals surface area (Å²) in [4.78, 5) is 97.7. The third-order valence-electron chi connectivity index (χ3n) is 21.0. The molecule has 0 aliphatic heterocycles. The van der Waals surface area contributed by atoms with Crippen molar-refractivity contribution >= 4 is 59.1 Å². The zero-order valence-corrected chi connectivity index (χ0v) is 79.5. The van der Waals surface area contributed by atoms with Gasteiger partial charge in [-0.1, -0.05) is 115 Å². The Morgan fingerprint density at radius 1 is 0.309 bits per heavy atom. The molecule has 8 N–H and O–H groups in total. The van der Waals surface area contributed by atoms with Gasteiger partial charge in [0.05, 0.1) is 150 Å². The number of aliphatic carboxylic acids is 4. The number of carbonyl (C=O) groups is 8.